The molecule has 3 heterocycles. The van der Waals surface area contributed by atoms with Crippen molar-refractivity contribution in [3.8, 4) is 5.75 Å². The van der Waals surface area contributed by atoms with Crippen LogP contribution < -0.4 is 10.1 Å². The number of fused-ring (bicyclic) bond motifs is 4. The Labute approximate surface area is 208 Å². The van der Waals surface area contributed by atoms with E-state index in [1.807, 2.05) is 30.3 Å². The number of anilines is 1. The normalized spacial score (nSPS) is 26.5. The van der Waals surface area contributed by atoms with Gasteiger partial charge in [-0.3, -0.25) is 24.6 Å². The first-order valence-corrected chi connectivity index (χ1v) is 12.1. The SMILES string of the molecule is COc1ccc2c(c1)[C@]1(C(=O)N2)C(C(=O)c2ccccc2)C(c2ccc([N+](=O)[O-])cc2)C2CCCN21. The molecule has 1 amide bonds. The molecule has 0 radical (unpaired) electrons. The minimum atomic E-state index is -1.20. The van der Waals surface area contributed by atoms with E-state index in [1.165, 1.54) is 12.1 Å². The summed E-state index contributed by atoms with van der Waals surface area (Å²) >= 11 is 0. The van der Waals surface area contributed by atoms with Gasteiger partial charge in [-0.25, -0.2) is 0 Å². The van der Waals surface area contributed by atoms with Crippen molar-refractivity contribution in [1.82, 2.24) is 4.90 Å². The molecule has 3 unspecified atom stereocenters. The summed E-state index contributed by atoms with van der Waals surface area (Å²) in [7, 11) is 1.58. The highest BCUT2D eigenvalue weighted by molar-refractivity contribution is 6.12. The summed E-state index contributed by atoms with van der Waals surface area (Å²) in [4.78, 5) is 41.5. The second kappa shape index (κ2) is 8.27. The van der Waals surface area contributed by atoms with Crippen LogP contribution >= 0.6 is 0 Å². The summed E-state index contributed by atoms with van der Waals surface area (Å²) < 4.78 is 5.51. The van der Waals surface area contributed by atoms with Crippen LogP contribution in [0.4, 0.5) is 11.4 Å². The van der Waals surface area contributed by atoms with Crippen molar-refractivity contribution in [3.05, 3.63) is 99.6 Å². The van der Waals surface area contributed by atoms with Gasteiger partial charge >= 0.3 is 0 Å². The Hall–Kier alpha value is -4.04. The Morgan fingerprint density at radius 2 is 1.86 bits per heavy atom. The number of benzene rings is 3. The van der Waals surface area contributed by atoms with Crippen LogP contribution in [0.2, 0.25) is 0 Å². The number of hydrogen-bond donors (Lipinski definition) is 1. The molecule has 0 aromatic heterocycles. The average molecular weight is 484 g/mol. The van der Waals surface area contributed by atoms with Crippen molar-refractivity contribution in [2.24, 2.45) is 5.92 Å². The van der Waals surface area contributed by atoms with Crippen molar-refractivity contribution >= 4 is 23.1 Å². The molecule has 6 rings (SSSR count). The minimum Gasteiger partial charge on any atom is -0.497 e. The number of non-ortho nitro benzene ring substituents is 1. The number of ether oxygens (including phenoxy) is 1. The molecule has 1 spiro atoms. The number of carbonyl (C=O) groups is 2. The van der Waals surface area contributed by atoms with Crippen molar-refractivity contribution in [1.29, 1.82) is 0 Å². The molecule has 3 aromatic carbocycles. The maximum Gasteiger partial charge on any atom is 0.269 e. The maximum atomic E-state index is 14.4. The summed E-state index contributed by atoms with van der Waals surface area (Å²) in [5, 5.41) is 14.3. The predicted molar refractivity (Wildman–Crippen MR) is 133 cm³/mol. The molecular formula is C28H25N3O5. The zero-order valence-corrected chi connectivity index (χ0v) is 19.7. The lowest BCUT2D eigenvalue weighted by molar-refractivity contribution is -0.384. The number of hydrogen-bond acceptors (Lipinski definition) is 6. The third-order valence-corrected chi connectivity index (χ3v) is 8.04. The molecule has 3 aliphatic rings. The molecule has 3 aromatic rings. The molecule has 182 valence electrons. The third kappa shape index (κ3) is 3.04. The highest BCUT2D eigenvalue weighted by Gasteiger charge is 2.69. The zero-order valence-electron chi connectivity index (χ0n) is 19.7. The van der Waals surface area contributed by atoms with Gasteiger partial charge in [0.25, 0.3) is 5.69 Å². The standard InChI is InChI=1S/C28H25N3O5/c1-36-20-13-14-22-21(16-20)28(27(33)29-22)25(26(32)18-6-3-2-4-7-18)24(23-8-5-15-30(23)28)17-9-11-19(12-10-17)31(34)35/h2-4,6-7,9-14,16,23-25H,5,8,15H2,1H3,(H,29,33)/t23?,24?,25?,28-/m1/s1. The summed E-state index contributed by atoms with van der Waals surface area (Å²) in [6, 6.07) is 20.9. The van der Waals surface area contributed by atoms with E-state index in [0.29, 0.717) is 23.5 Å². The van der Waals surface area contributed by atoms with E-state index in [-0.39, 0.29) is 29.3 Å². The van der Waals surface area contributed by atoms with Crippen LogP contribution in [0.3, 0.4) is 0 Å². The van der Waals surface area contributed by atoms with Crippen LogP contribution in [0, 0.1) is 16.0 Å². The smallest absolute Gasteiger partial charge is 0.269 e. The van der Waals surface area contributed by atoms with Crippen molar-refractivity contribution < 1.29 is 19.2 Å². The number of nitrogens with one attached hydrogen (secondary N) is 1. The third-order valence-electron chi connectivity index (χ3n) is 8.04. The number of methoxy groups -OCH3 is 1. The summed E-state index contributed by atoms with van der Waals surface area (Å²) in [5.74, 6) is -0.746. The summed E-state index contributed by atoms with van der Waals surface area (Å²) in [6.45, 7) is 0.677. The van der Waals surface area contributed by atoms with Crippen molar-refractivity contribution in [3.63, 3.8) is 0 Å². The van der Waals surface area contributed by atoms with Gasteiger partial charge in [0.2, 0.25) is 5.91 Å². The second-order valence-corrected chi connectivity index (χ2v) is 9.62. The Kier molecular flexibility index (Phi) is 5.15. The number of amides is 1. The molecule has 2 saturated heterocycles. The van der Waals surface area contributed by atoms with Crippen molar-refractivity contribution in [2.75, 3.05) is 19.0 Å². The van der Waals surface area contributed by atoms with E-state index in [2.05, 4.69) is 10.2 Å². The first kappa shape index (κ1) is 22.4. The van der Waals surface area contributed by atoms with Gasteiger partial charge in [-0.1, -0.05) is 42.5 Å². The Morgan fingerprint density at radius 1 is 1.11 bits per heavy atom. The quantitative estimate of drug-likeness (QED) is 0.325. The molecule has 0 aliphatic carbocycles. The van der Waals surface area contributed by atoms with Gasteiger partial charge in [-0.2, -0.15) is 0 Å². The van der Waals surface area contributed by atoms with Gasteiger partial charge in [0.1, 0.15) is 11.3 Å². The fourth-order valence-corrected chi connectivity index (χ4v) is 6.64. The average Bonchev–Trinajstić information content (AvgIpc) is 3.57. The molecule has 1 N–H and O–H groups in total. The summed E-state index contributed by atoms with van der Waals surface area (Å²) in [6.07, 6.45) is 1.73. The number of rotatable bonds is 5. The van der Waals surface area contributed by atoms with Gasteiger partial charge in [-0.15, -0.1) is 0 Å². The number of nitro benzene ring substituents is 1. The highest BCUT2D eigenvalue weighted by Crippen LogP contribution is 2.61. The number of ketones is 1. The Morgan fingerprint density at radius 3 is 2.56 bits per heavy atom. The van der Waals surface area contributed by atoms with Gasteiger partial charge in [0.05, 0.1) is 18.0 Å². The molecule has 36 heavy (non-hydrogen) atoms. The Balaban J connectivity index is 1.60. The topological polar surface area (TPSA) is 102 Å². The van der Waals surface area contributed by atoms with Crippen LogP contribution in [0.5, 0.6) is 5.75 Å². The molecule has 2 fully saturated rings. The maximum absolute atomic E-state index is 14.4. The minimum absolute atomic E-state index is 0.00522. The van der Waals surface area contributed by atoms with E-state index in [9.17, 15) is 19.7 Å². The molecule has 0 bridgehead atoms. The fourth-order valence-electron chi connectivity index (χ4n) is 6.64. The fraction of sp³-hybridized carbons (Fsp3) is 0.286. The number of Topliss-reactive ketones (excluding diaryl/α,β-unsaturated/α-hetero) is 1. The van der Waals surface area contributed by atoms with E-state index >= 15 is 0 Å². The highest BCUT2D eigenvalue weighted by atomic mass is 16.6. The van der Waals surface area contributed by atoms with Crippen LogP contribution in [0.25, 0.3) is 0 Å². The molecule has 8 heteroatoms. The van der Waals surface area contributed by atoms with E-state index in [4.69, 9.17) is 4.74 Å². The van der Waals surface area contributed by atoms with Crippen LogP contribution in [-0.4, -0.2) is 41.2 Å². The second-order valence-electron chi connectivity index (χ2n) is 9.62. The number of nitrogens with zero attached hydrogens (tertiary/aromatic N) is 2. The first-order valence-electron chi connectivity index (χ1n) is 12.1. The summed E-state index contributed by atoms with van der Waals surface area (Å²) in [5.41, 5.74) is 1.59. The van der Waals surface area contributed by atoms with Crippen LogP contribution in [0.15, 0.2) is 72.8 Å². The molecule has 0 saturated carbocycles. The predicted octanol–water partition coefficient (Wildman–Crippen LogP) is 4.51. The van der Waals surface area contributed by atoms with Gasteiger partial charge in [-0.05, 0) is 43.1 Å². The lowest BCUT2D eigenvalue weighted by atomic mass is 9.68. The van der Waals surface area contributed by atoms with Gasteiger partial charge in [0.15, 0.2) is 5.78 Å². The number of nitro groups is 1. The largest absolute Gasteiger partial charge is 0.497 e. The van der Waals surface area contributed by atoms with Gasteiger partial charge < -0.3 is 10.1 Å². The van der Waals surface area contributed by atoms with Gasteiger partial charge in [0, 0.05) is 40.9 Å². The monoisotopic (exact) mass is 483 g/mol. The first-order chi connectivity index (χ1) is 17.5. The van der Waals surface area contributed by atoms with Crippen molar-refractivity contribution in [2.45, 2.75) is 30.3 Å². The molecular weight excluding hydrogens is 458 g/mol. The van der Waals surface area contributed by atoms with E-state index in [1.54, 1.807) is 37.4 Å². The number of carbonyl (C=O) groups excluding carboxylic acids is 2. The lowest BCUT2D eigenvalue weighted by Gasteiger charge is -2.37. The van der Waals surface area contributed by atoms with E-state index in [0.717, 1.165) is 24.0 Å². The lowest BCUT2D eigenvalue weighted by Crippen LogP contribution is -2.52. The molecule has 4 atom stereocenters. The molecule has 8 nitrogen and oxygen atoms in total. The Bertz CT molecular complexity index is 1370. The molecule has 3 aliphatic heterocycles. The van der Waals surface area contributed by atoms with Crippen LogP contribution in [-0.2, 0) is 10.3 Å². The van der Waals surface area contributed by atoms with Crippen LogP contribution in [0.1, 0.15) is 40.2 Å². The van der Waals surface area contributed by atoms with E-state index < -0.39 is 16.4 Å². The zero-order chi connectivity index (χ0) is 25.0.